The third-order valence-electron chi connectivity index (χ3n) is 2.59. The maximum Gasteiger partial charge on any atom is 0.163 e. The number of halogens is 2. The highest BCUT2D eigenvalue weighted by atomic mass is 35.5. The molecule has 0 aliphatic heterocycles. The number of Topliss-reactive ketones (excluding diaryl/α,β-unsaturated/α-hetero) is 1. The number of benzene rings is 2. The van der Waals surface area contributed by atoms with Gasteiger partial charge in [0.1, 0.15) is 11.4 Å². The highest BCUT2D eigenvalue weighted by Gasteiger charge is 2.10. The second-order valence-electron chi connectivity index (χ2n) is 4.00. The van der Waals surface area contributed by atoms with E-state index >= 15 is 0 Å². The van der Waals surface area contributed by atoms with E-state index in [4.69, 9.17) is 23.2 Å². The Balaban J connectivity index is 2.40. The van der Waals surface area contributed by atoms with Gasteiger partial charge in [0.2, 0.25) is 0 Å². The summed E-state index contributed by atoms with van der Waals surface area (Å²) in [5, 5.41) is 18.4. The molecule has 0 aromatic heterocycles. The molecule has 0 aliphatic rings. The van der Waals surface area contributed by atoms with E-state index in [0.717, 1.165) is 0 Å². The zero-order valence-corrected chi connectivity index (χ0v) is 12.0. The van der Waals surface area contributed by atoms with Crippen molar-refractivity contribution in [2.75, 3.05) is 0 Å². The van der Waals surface area contributed by atoms with Crippen molar-refractivity contribution in [2.45, 2.75) is 6.92 Å². The SMILES string of the molecule is CC(=O)c1cccc(N=Nc2cccc(Cl)c2Cl)c1O. The minimum atomic E-state index is -0.250. The first-order valence-corrected chi connectivity index (χ1v) is 6.45. The molecule has 2 rings (SSSR count). The Morgan fingerprint density at radius 1 is 1.05 bits per heavy atom. The van der Waals surface area contributed by atoms with Gasteiger partial charge in [0, 0.05) is 0 Å². The number of aromatic hydroxyl groups is 1. The van der Waals surface area contributed by atoms with Crippen molar-refractivity contribution in [2.24, 2.45) is 10.2 Å². The van der Waals surface area contributed by atoms with Gasteiger partial charge in [0.15, 0.2) is 11.5 Å². The summed E-state index contributed by atoms with van der Waals surface area (Å²) in [6.07, 6.45) is 0. The van der Waals surface area contributed by atoms with Crippen LogP contribution in [0.3, 0.4) is 0 Å². The molecule has 0 saturated carbocycles. The molecule has 0 amide bonds. The van der Waals surface area contributed by atoms with Gasteiger partial charge in [-0.15, -0.1) is 10.2 Å². The average molecular weight is 309 g/mol. The molecular formula is C14H10Cl2N2O2. The zero-order chi connectivity index (χ0) is 14.7. The van der Waals surface area contributed by atoms with Gasteiger partial charge in [-0.25, -0.2) is 0 Å². The Bertz CT molecular complexity index is 700. The van der Waals surface area contributed by atoms with Crippen molar-refractivity contribution in [3.63, 3.8) is 0 Å². The van der Waals surface area contributed by atoms with Gasteiger partial charge in [0.05, 0.1) is 15.6 Å². The van der Waals surface area contributed by atoms with E-state index in [1.165, 1.54) is 13.0 Å². The predicted octanol–water partition coefficient (Wildman–Crippen LogP) is 5.32. The second-order valence-corrected chi connectivity index (χ2v) is 4.79. The largest absolute Gasteiger partial charge is 0.505 e. The molecule has 102 valence electrons. The lowest BCUT2D eigenvalue weighted by molar-refractivity contribution is 0.101. The Morgan fingerprint density at radius 3 is 2.35 bits per heavy atom. The summed E-state index contributed by atoms with van der Waals surface area (Å²) in [5.41, 5.74) is 0.763. The fraction of sp³-hybridized carbons (Fsp3) is 0.0714. The summed E-state index contributed by atoms with van der Waals surface area (Å²) in [6.45, 7) is 1.36. The first-order valence-electron chi connectivity index (χ1n) is 5.69. The van der Waals surface area contributed by atoms with E-state index in [2.05, 4.69) is 10.2 Å². The van der Waals surface area contributed by atoms with Crippen LogP contribution in [0.5, 0.6) is 5.75 Å². The van der Waals surface area contributed by atoms with Crippen molar-refractivity contribution in [3.8, 4) is 5.75 Å². The molecule has 0 bridgehead atoms. The smallest absolute Gasteiger partial charge is 0.163 e. The lowest BCUT2D eigenvalue weighted by Crippen LogP contribution is -1.91. The van der Waals surface area contributed by atoms with Crippen LogP contribution < -0.4 is 0 Å². The van der Waals surface area contributed by atoms with E-state index in [9.17, 15) is 9.90 Å². The first-order chi connectivity index (χ1) is 9.50. The number of nitrogens with zero attached hydrogens (tertiary/aromatic N) is 2. The highest BCUT2D eigenvalue weighted by Crippen LogP contribution is 2.35. The van der Waals surface area contributed by atoms with Crippen LogP contribution in [0.2, 0.25) is 10.0 Å². The topological polar surface area (TPSA) is 62.0 Å². The maximum atomic E-state index is 11.3. The number of hydrogen-bond donors (Lipinski definition) is 1. The summed E-state index contributed by atoms with van der Waals surface area (Å²) in [7, 11) is 0. The third kappa shape index (κ3) is 2.98. The molecular weight excluding hydrogens is 299 g/mol. The summed E-state index contributed by atoms with van der Waals surface area (Å²) in [5.74, 6) is -0.456. The van der Waals surface area contributed by atoms with E-state index < -0.39 is 0 Å². The van der Waals surface area contributed by atoms with Crippen LogP contribution in [0.1, 0.15) is 17.3 Å². The average Bonchev–Trinajstić information content (AvgIpc) is 2.41. The Morgan fingerprint density at radius 2 is 1.65 bits per heavy atom. The molecule has 0 spiro atoms. The van der Waals surface area contributed by atoms with Crippen LogP contribution >= 0.6 is 23.2 Å². The van der Waals surface area contributed by atoms with E-state index in [1.807, 2.05) is 0 Å². The third-order valence-corrected chi connectivity index (χ3v) is 3.40. The van der Waals surface area contributed by atoms with Crippen LogP contribution in [-0.4, -0.2) is 10.9 Å². The molecule has 0 aliphatic carbocycles. The van der Waals surface area contributed by atoms with Crippen molar-refractivity contribution in [1.82, 2.24) is 0 Å². The quantitative estimate of drug-likeness (QED) is 0.616. The minimum absolute atomic E-state index is 0.189. The van der Waals surface area contributed by atoms with Gasteiger partial charge in [-0.1, -0.05) is 35.3 Å². The molecule has 2 aromatic carbocycles. The molecule has 1 N–H and O–H groups in total. The van der Waals surface area contributed by atoms with E-state index in [1.54, 1.807) is 30.3 Å². The second kappa shape index (κ2) is 6.03. The lowest BCUT2D eigenvalue weighted by atomic mass is 10.1. The number of para-hydroxylation sites is 1. The standard InChI is InChI=1S/C14H10Cl2N2O2/c1-8(19)9-4-2-7-12(14(9)20)18-17-11-6-3-5-10(15)13(11)16/h2-7,20H,1H3. The van der Waals surface area contributed by atoms with Gasteiger partial charge in [-0.3, -0.25) is 4.79 Å². The number of hydrogen-bond acceptors (Lipinski definition) is 4. The van der Waals surface area contributed by atoms with Crippen molar-refractivity contribution in [1.29, 1.82) is 0 Å². The molecule has 0 heterocycles. The molecule has 4 nitrogen and oxygen atoms in total. The van der Waals surface area contributed by atoms with E-state index in [0.29, 0.717) is 10.7 Å². The fourth-order valence-corrected chi connectivity index (χ4v) is 1.91. The van der Waals surface area contributed by atoms with Crippen LogP contribution in [0.15, 0.2) is 46.6 Å². The molecule has 0 radical (unpaired) electrons. The molecule has 2 aromatic rings. The summed E-state index contributed by atoms with van der Waals surface area (Å²) >= 11 is 11.8. The van der Waals surface area contributed by atoms with Gasteiger partial charge in [-0.05, 0) is 31.2 Å². The van der Waals surface area contributed by atoms with Crippen LogP contribution in [-0.2, 0) is 0 Å². The maximum absolute atomic E-state index is 11.3. The highest BCUT2D eigenvalue weighted by molar-refractivity contribution is 6.43. The molecule has 20 heavy (non-hydrogen) atoms. The van der Waals surface area contributed by atoms with Gasteiger partial charge < -0.3 is 5.11 Å². The first kappa shape index (κ1) is 14.5. The Kier molecular flexibility index (Phi) is 4.37. The van der Waals surface area contributed by atoms with Crippen molar-refractivity contribution < 1.29 is 9.90 Å². The van der Waals surface area contributed by atoms with Gasteiger partial charge >= 0.3 is 0 Å². The van der Waals surface area contributed by atoms with Crippen LogP contribution in [0.4, 0.5) is 11.4 Å². The van der Waals surface area contributed by atoms with Crippen molar-refractivity contribution in [3.05, 3.63) is 52.0 Å². The van der Waals surface area contributed by atoms with Crippen LogP contribution in [0, 0.1) is 0 Å². The predicted molar refractivity (Wildman–Crippen MR) is 78.7 cm³/mol. The van der Waals surface area contributed by atoms with Gasteiger partial charge in [-0.2, -0.15) is 0 Å². The number of rotatable bonds is 3. The Hall–Kier alpha value is -1.91. The number of carbonyl (C=O) groups is 1. The Labute approximate surface area is 125 Å². The molecule has 6 heteroatoms. The number of carbonyl (C=O) groups excluding carboxylic acids is 1. The number of phenolic OH excluding ortho intramolecular Hbond substituents is 1. The van der Waals surface area contributed by atoms with Gasteiger partial charge in [0.25, 0.3) is 0 Å². The summed E-state index contributed by atoms with van der Waals surface area (Å²) < 4.78 is 0. The fourth-order valence-electron chi connectivity index (χ4n) is 1.57. The monoisotopic (exact) mass is 308 g/mol. The summed E-state index contributed by atoms with van der Waals surface area (Å²) in [4.78, 5) is 11.3. The number of azo groups is 1. The zero-order valence-electron chi connectivity index (χ0n) is 10.5. The molecule has 0 saturated heterocycles. The van der Waals surface area contributed by atoms with Crippen LogP contribution in [0.25, 0.3) is 0 Å². The number of phenols is 1. The lowest BCUT2D eigenvalue weighted by Gasteiger charge is -2.03. The normalized spacial score (nSPS) is 10.9. The summed E-state index contributed by atoms with van der Waals surface area (Å²) in [6, 6.07) is 9.64. The van der Waals surface area contributed by atoms with E-state index in [-0.39, 0.29) is 27.8 Å². The van der Waals surface area contributed by atoms with Crippen molar-refractivity contribution >= 4 is 40.4 Å². The number of ketones is 1. The molecule has 0 atom stereocenters. The molecule has 0 unspecified atom stereocenters. The molecule has 0 fully saturated rings. The minimum Gasteiger partial charge on any atom is -0.505 e.